The lowest BCUT2D eigenvalue weighted by atomic mass is 10.2. The van der Waals surface area contributed by atoms with Crippen LogP contribution >= 0.6 is 11.8 Å². The third-order valence-electron chi connectivity index (χ3n) is 2.16. The molecule has 0 fully saturated rings. The number of unbranched alkanes of at least 4 members (excludes halogenated alkanes) is 1. The number of benzene rings is 1. The van der Waals surface area contributed by atoms with Gasteiger partial charge in [0.25, 0.3) is 5.69 Å². The molecule has 0 saturated heterocycles. The fraction of sp³-hybridized carbons (Fsp3) is 0.364. The number of rotatable bonds is 6. The van der Waals surface area contributed by atoms with Crippen LogP contribution in [0.15, 0.2) is 23.1 Å². The molecular formula is C11H13NO4S. The Morgan fingerprint density at radius 3 is 2.76 bits per heavy atom. The van der Waals surface area contributed by atoms with Crippen molar-refractivity contribution in [2.75, 3.05) is 5.75 Å². The first-order valence-electron chi connectivity index (χ1n) is 5.20. The standard InChI is InChI=1S/C11H13NO4S/c1-2-3-6-17-8-4-5-9(11(13)14)10(7-8)12(15)16/h4-5,7H,2-3,6H2,1H3,(H,13,14). The summed E-state index contributed by atoms with van der Waals surface area (Å²) in [5.74, 6) is -0.401. The maximum atomic E-state index is 10.8. The molecule has 0 aliphatic heterocycles. The predicted molar refractivity (Wildman–Crippen MR) is 65.7 cm³/mol. The van der Waals surface area contributed by atoms with Gasteiger partial charge in [-0.1, -0.05) is 13.3 Å². The molecule has 0 aliphatic carbocycles. The van der Waals surface area contributed by atoms with Gasteiger partial charge in [-0.2, -0.15) is 0 Å². The first-order chi connectivity index (χ1) is 8.06. The molecule has 5 nitrogen and oxygen atoms in total. The summed E-state index contributed by atoms with van der Waals surface area (Å²) in [6, 6.07) is 4.22. The van der Waals surface area contributed by atoms with Crippen molar-refractivity contribution in [3.8, 4) is 0 Å². The van der Waals surface area contributed by atoms with Crippen molar-refractivity contribution in [2.24, 2.45) is 0 Å². The van der Waals surface area contributed by atoms with Gasteiger partial charge in [-0.25, -0.2) is 4.79 Å². The Labute approximate surface area is 103 Å². The molecule has 17 heavy (non-hydrogen) atoms. The molecule has 0 atom stereocenters. The van der Waals surface area contributed by atoms with Gasteiger partial charge in [-0.3, -0.25) is 10.1 Å². The highest BCUT2D eigenvalue weighted by molar-refractivity contribution is 7.99. The highest BCUT2D eigenvalue weighted by atomic mass is 32.2. The number of nitro groups is 1. The van der Waals surface area contributed by atoms with Crippen molar-refractivity contribution < 1.29 is 14.8 Å². The quantitative estimate of drug-likeness (QED) is 0.365. The van der Waals surface area contributed by atoms with E-state index >= 15 is 0 Å². The summed E-state index contributed by atoms with van der Waals surface area (Å²) in [4.78, 5) is 21.6. The molecule has 6 heteroatoms. The maximum absolute atomic E-state index is 10.8. The number of carboxylic acid groups (broad SMARTS) is 1. The maximum Gasteiger partial charge on any atom is 0.342 e. The average molecular weight is 255 g/mol. The molecule has 0 spiro atoms. The second-order valence-electron chi connectivity index (χ2n) is 3.44. The Balaban J connectivity index is 2.94. The van der Waals surface area contributed by atoms with Crippen LogP contribution in [0.2, 0.25) is 0 Å². The molecule has 0 heterocycles. The Morgan fingerprint density at radius 1 is 1.53 bits per heavy atom. The van der Waals surface area contributed by atoms with Crippen molar-refractivity contribution >= 4 is 23.4 Å². The van der Waals surface area contributed by atoms with Crippen molar-refractivity contribution in [3.05, 3.63) is 33.9 Å². The highest BCUT2D eigenvalue weighted by Crippen LogP contribution is 2.27. The van der Waals surface area contributed by atoms with E-state index in [0.29, 0.717) is 0 Å². The summed E-state index contributed by atoms with van der Waals surface area (Å²) in [5.41, 5.74) is -0.617. The molecular weight excluding hydrogens is 242 g/mol. The van der Waals surface area contributed by atoms with Crippen LogP contribution in [0.1, 0.15) is 30.1 Å². The Bertz CT molecular complexity index is 433. The lowest BCUT2D eigenvalue weighted by Gasteiger charge is -2.02. The Kier molecular flexibility index (Phi) is 4.96. The molecule has 1 rings (SSSR count). The van der Waals surface area contributed by atoms with E-state index in [1.807, 2.05) is 0 Å². The zero-order valence-electron chi connectivity index (χ0n) is 9.38. The summed E-state index contributed by atoms with van der Waals surface area (Å²) in [7, 11) is 0. The summed E-state index contributed by atoms with van der Waals surface area (Å²) in [6.07, 6.45) is 2.08. The number of nitrogens with zero attached hydrogens (tertiary/aromatic N) is 1. The van der Waals surface area contributed by atoms with Gasteiger partial charge in [0.1, 0.15) is 5.56 Å². The van der Waals surface area contributed by atoms with Crippen LogP contribution in [0.25, 0.3) is 0 Å². The Morgan fingerprint density at radius 2 is 2.24 bits per heavy atom. The number of nitro benzene ring substituents is 1. The fourth-order valence-corrected chi connectivity index (χ4v) is 2.30. The molecule has 0 unspecified atom stereocenters. The summed E-state index contributed by atoms with van der Waals surface area (Å²) in [5, 5.41) is 19.5. The molecule has 0 saturated carbocycles. The average Bonchev–Trinajstić information content (AvgIpc) is 2.29. The number of thioether (sulfide) groups is 1. The van der Waals surface area contributed by atoms with Gasteiger partial charge in [0.05, 0.1) is 4.92 Å². The minimum Gasteiger partial charge on any atom is -0.477 e. The molecule has 1 aromatic rings. The lowest BCUT2D eigenvalue weighted by Crippen LogP contribution is -2.02. The van der Waals surface area contributed by atoms with E-state index in [9.17, 15) is 14.9 Å². The molecule has 92 valence electrons. The Hall–Kier alpha value is -1.56. The molecule has 1 N–H and O–H groups in total. The van der Waals surface area contributed by atoms with Crippen LogP contribution in [0.3, 0.4) is 0 Å². The smallest absolute Gasteiger partial charge is 0.342 e. The molecule has 0 radical (unpaired) electrons. The van der Waals surface area contributed by atoms with Crippen LogP contribution in [0.4, 0.5) is 5.69 Å². The summed E-state index contributed by atoms with van der Waals surface area (Å²) >= 11 is 1.50. The zero-order valence-corrected chi connectivity index (χ0v) is 10.2. The van der Waals surface area contributed by atoms with Crippen molar-refractivity contribution in [1.29, 1.82) is 0 Å². The van der Waals surface area contributed by atoms with Gasteiger partial charge in [0, 0.05) is 11.0 Å². The number of hydrogen-bond donors (Lipinski definition) is 1. The van der Waals surface area contributed by atoms with Gasteiger partial charge in [-0.15, -0.1) is 11.8 Å². The second-order valence-corrected chi connectivity index (χ2v) is 4.61. The van der Waals surface area contributed by atoms with E-state index in [2.05, 4.69) is 6.92 Å². The monoisotopic (exact) mass is 255 g/mol. The first-order valence-corrected chi connectivity index (χ1v) is 6.19. The van der Waals surface area contributed by atoms with E-state index in [4.69, 9.17) is 5.11 Å². The lowest BCUT2D eigenvalue weighted by molar-refractivity contribution is -0.385. The topological polar surface area (TPSA) is 80.4 Å². The molecule has 0 amide bonds. The van der Waals surface area contributed by atoms with Gasteiger partial charge in [0.15, 0.2) is 0 Å². The number of carboxylic acids is 1. The van der Waals surface area contributed by atoms with E-state index in [0.717, 1.165) is 23.5 Å². The zero-order chi connectivity index (χ0) is 12.8. The van der Waals surface area contributed by atoms with Crippen molar-refractivity contribution in [1.82, 2.24) is 0 Å². The minimum absolute atomic E-state index is 0.269. The SMILES string of the molecule is CCCCSc1ccc(C(=O)O)c([N+](=O)[O-])c1. The second kappa shape index (κ2) is 6.24. The van der Waals surface area contributed by atoms with E-state index < -0.39 is 10.9 Å². The van der Waals surface area contributed by atoms with E-state index in [-0.39, 0.29) is 11.3 Å². The van der Waals surface area contributed by atoms with Crippen LogP contribution in [0.5, 0.6) is 0 Å². The normalized spacial score (nSPS) is 10.2. The molecule has 0 bridgehead atoms. The molecule has 0 aliphatic rings. The number of carbonyl (C=O) groups is 1. The molecule has 0 aromatic heterocycles. The summed E-state index contributed by atoms with van der Waals surface area (Å²) in [6.45, 7) is 2.07. The van der Waals surface area contributed by atoms with Gasteiger partial charge in [-0.05, 0) is 24.3 Å². The van der Waals surface area contributed by atoms with Crippen molar-refractivity contribution in [2.45, 2.75) is 24.7 Å². The number of aromatic carboxylic acids is 1. The van der Waals surface area contributed by atoms with Gasteiger partial charge < -0.3 is 5.11 Å². The third kappa shape index (κ3) is 3.74. The van der Waals surface area contributed by atoms with Gasteiger partial charge in [0.2, 0.25) is 0 Å². The van der Waals surface area contributed by atoms with Crippen LogP contribution in [0, 0.1) is 10.1 Å². The third-order valence-corrected chi connectivity index (χ3v) is 3.24. The van der Waals surface area contributed by atoms with Crippen LogP contribution in [-0.4, -0.2) is 21.8 Å². The molecule has 1 aromatic carbocycles. The van der Waals surface area contributed by atoms with Gasteiger partial charge >= 0.3 is 5.97 Å². The predicted octanol–water partition coefficient (Wildman–Crippen LogP) is 3.19. The van der Waals surface area contributed by atoms with E-state index in [1.165, 1.54) is 23.9 Å². The fourth-order valence-electron chi connectivity index (χ4n) is 1.27. The largest absolute Gasteiger partial charge is 0.477 e. The number of hydrogen-bond acceptors (Lipinski definition) is 4. The minimum atomic E-state index is -1.28. The first kappa shape index (κ1) is 13.5. The van der Waals surface area contributed by atoms with Crippen LogP contribution < -0.4 is 0 Å². The van der Waals surface area contributed by atoms with Crippen molar-refractivity contribution in [3.63, 3.8) is 0 Å². The van der Waals surface area contributed by atoms with Crippen LogP contribution in [-0.2, 0) is 0 Å². The highest BCUT2D eigenvalue weighted by Gasteiger charge is 2.19. The summed E-state index contributed by atoms with van der Waals surface area (Å²) < 4.78 is 0. The van der Waals surface area contributed by atoms with E-state index in [1.54, 1.807) is 6.07 Å².